The van der Waals surface area contributed by atoms with Crippen molar-refractivity contribution in [1.82, 2.24) is 5.32 Å². The molecule has 5 nitrogen and oxygen atoms in total. The van der Waals surface area contributed by atoms with Crippen LogP contribution in [0, 0.1) is 0 Å². The Labute approximate surface area is 124 Å². The van der Waals surface area contributed by atoms with Gasteiger partial charge in [0.05, 0.1) is 13.2 Å². The van der Waals surface area contributed by atoms with Crippen LogP contribution in [0.5, 0.6) is 11.5 Å². The van der Waals surface area contributed by atoms with Crippen LogP contribution < -0.4 is 14.8 Å². The van der Waals surface area contributed by atoms with Crippen molar-refractivity contribution in [1.29, 1.82) is 0 Å². The second kappa shape index (κ2) is 5.93. The molecule has 114 valence electrons. The van der Waals surface area contributed by atoms with E-state index in [0.717, 1.165) is 29.9 Å². The predicted octanol–water partition coefficient (Wildman–Crippen LogP) is 1.81. The van der Waals surface area contributed by atoms with Crippen LogP contribution in [0.4, 0.5) is 0 Å². The largest absolute Gasteiger partial charge is 0.494 e. The molecule has 2 atom stereocenters. The molecular weight excluding hydrogens is 270 g/mol. The molecule has 3 rings (SSSR count). The van der Waals surface area contributed by atoms with Gasteiger partial charge in [0.2, 0.25) is 0 Å². The molecule has 1 aromatic rings. The van der Waals surface area contributed by atoms with Gasteiger partial charge in [-0.2, -0.15) is 0 Å². The van der Waals surface area contributed by atoms with Gasteiger partial charge in [0.25, 0.3) is 0 Å². The van der Waals surface area contributed by atoms with Crippen LogP contribution >= 0.6 is 0 Å². The summed E-state index contributed by atoms with van der Waals surface area (Å²) in [6, 6.07) is 3.87. The first-order valence-corrected chi connectivity index (χ1v) is 7.52. The van der Waals surface area contributed by atoms with Gasteiger partial charge in [-0.1, -0.05) is 0 Å². The van der Waals surface area contributed by atoms with Crippen molar-refractivity contribution in [3.8, 4) is 11.5 Å². The number of esters is 1. The van der Waals surface area contributed by atoms with Crippen molar-refractivity contribution >= 4 is 5.97 Å². The van der Waals surface area contributed by atoms with E-state index in [9.17, 15) is 4.79 Å². The van der Waals surface area contributed by atoms with Gasteiger partial charge in [0.15, 0.2) is 0 Å². The molecule has 0 aromatic heterocycles. The molecule has 0 aliphatic carbocycles. The van der Waals surface area contributed by atoms with Crippen LogP contribution in [-0.4, -0.2) is 31.3 Å². The summed E-state index contributed by atoms with van der Waals surface area (Å²) in [6.07, 6.45) is 1.85. The summed E-state index contributed by atoms with van der Waals surface area (Å²) < 4.78 is 16.5. The number of hydrogen-bond acceptors (Lipinski definition) is 5. The van der Waals surface area contributed by atoms with Gasteiger partial charge in [-0.15, -0.1) is 0 Å². The Morgan fingerprint density at radius 1 is 1.43 bits per heavy atom. The topological polar surface area (TPSA) is 56.8 Å². The lowest BCUT2D eigenvalue weighted by atomic mass is 10.1. The summed E-state index contributed by atoms with van der Waals surface area (Å²) in [6.45, 7) is 5.72. The van der Waals surface area contributed by atoms with Crippen molar-refractivity contribution in [2.24, 2.45) is 0 Å². The zero-order chi connectivity index (χ0) is 14.8. The molecule has 5 heteroatoms. The van der Waals surface area contributed by atoms with Crippen molar-refractivity contribution in [3.63, 3.8) is 0 Å². The lowest BCUT2D eigenvalue weighted by molar-refractivity contribution is -0.139. The SMILES string of the molecule is CCOc1cc2c(cc1CNC1CCOC1=O)OC(C)C2. The van der Waals surface area contributed by atoms with Crippen molar-refractivity contribution < 1.29 is 19.0 Å². The van der Waals surface area contributed by atoms with Crippen LogP contribution in [0.3, 0.4) is 0 Å². The Morgan fingerprint density at radius 2 is 2.29 bits per heavy atom. The molecule has 0 radical (unpaired) electrons. The van der Waals surface area contributed by atoms with Gasteiger partial charge < -0.3 is 19.5 Å². The molecule has 0 saturated carbocycles. The minimum absolute atomic E-state index is 0.168. The highest BCUT2D eigenvalue weighted by Gasteiger charge is 2.27. The Bertz CT molecular complexity index is 543. The van der Waals surface area contributed by atoms with Crippen LogP contribution in [0.15, 0.2) is 12.1 Å². The standard InChI is InChI=1S/C16H21NO4/c1-3-19-14-7-11-6-10(2)21-15(11)8-12(14)9-17-13-4-5-20-16(13)18/h7-8,10,13,17H,3-6,9H2,1-2H3. The second-order valence-electron chi connectivity index (χ2n) is 5.52. The van der Waals surface area contributed by atoms with Crippen molar-refractivity contribution in [3.05, 3.63) is 23.3 Å². The van der Waals surface area contributed by atoms with E-state index in [1.807, 2.05) is 13.0 Å². The third kappa shape index (κ3) is 2.97. The zero-order valence-corrected chi connectivity index (χ0v) is 12.5. The first-order valence-electron chi connectivity index (χ1n) is 7.52. The summed E-state index contributed by atoms with van der Waals surface area (Å²) in [4.78, 5) is 11.5. The number of hydrogen-bond donors (Lipinski definition) is 1. The van der Waals surface area contributed by atoms with E-state index < -0.39 is 0 Å². The first kappa shape index (κ1) is 14.2. The van der Waals surface area contributed by atoms with Gasteiger partial charge >= 0.3 is 5.97 Å². The number of benzene rings is 1. The number of fused-ring (bicyclic) bond motifs is 1. The lowest BCUT2D eigenvalue weighted by Gasteiger charge is -2.14. The number of cyclic esters (lactones) is 1. The number of carbonyl (C=O) groups is 1. The van der Waals surface area contributed by atoms with Crippen LogP contribution in [0.2, 0.25) is 0 Å². The van der Waals surface area contributed by atoms with E-state index in [1.165, 1.54) is 5.56 Å². The van der Waals surface area contributed by atoms with E-state index in [1.54, 1.807) is 0 Å². The van der Waals surface area contributed by atoms with E-state index >= 15 is 0 Å². The summed E-state index contributed by atoms with van der Waals surface area (Å²) >= 11 is 0. The fraction of sp³-hybridized carbons (Fsp3) is 0.562. The number of carbonyl (C=O) groups excluding carboxylic acids is 1. The Balaban J connectivity index is 1.76. The zero-order valence-electron chi connectivity index (χ0n) is 12.5. The van der Waals surface area contributed by atoms with Crippen LogP contribution in [0.25, 0.3) is 0 Å². The third-order valence-electron chi connectivity index (χ3n) is 3.85. The van der Waals surface area contributed by atoms with Gasteiger partial charge in [0, 0.05) is 30.5 Å². The fourth-order valence-corrected chi connectivity index (χ4v) is 2.82. The highest BCUT2D eigenvalue weighted by atomic mass is 16.5. The molecule has 1 saturated heterocycles. The minimum Gasteiger partial charge on any atom is -0.494 e. The maximum absolute atomic E-state index is 11.5. The van der Waals surface area contributed by atoms with Gasteiger partial charge in [0.1, 0.15) is 23.6 Å². The van der Waals surface area contributed by atoms with E-state index in [0.29, 0.717) is 19.8 Å². The summed E-state index contributed by atoms with van der Waals surface area (Å²) in [5, 5.41) is 3.24. The maximum Gasteiger partial charge on any atom is 0.323 e. The molecule has 0 amide bonds. The third-order valence-corrected chi connectivity index (χ3v) is 3.85. The molecule has 2 unspecified atom stereocenters. The number of rotatable bonds is 5. The monoisotopic (exact) mass is 291 g/mol. The smallest absolute Gasteiger partial charge is 0.323 e. The average molecular weight is 291 g/mol. The fourth-order valence-electron chi connectivity index (χ4n) is 2.82. The van der Waals surface area contributed by atoms with Crippen molar-refractivity contribution in [2.75, 3.05) is 13.2 Å². The predicted molar refractivity (Wildman–Crippen MR) is 77.6 cm³/mol. The molecule has 2 aliphatic rings. The first-order chi connectivity index (χ1) is 10.2. The molecule has 2 aliphatic heterocycles. The normalized spacial score (nSPS) is 23.6. The molecule has 0 spiro atoms. The average Bonchev–Trinajstić information content (AvgIpc) is 3.01. The molecular formula is C16H21NO4. The van der Waals surface area contributed by atoms with Gasteiger partial charge in [-0.05, 0) is 26.0 Å². The van der Waals surface area contributed by atoms with E-state index in [-0.39, 0.29) is 18.1 Å². The Morgan fingerprint density at radius 3 is 3.00 bits per heavy atom. The Kier molecular flexibility index (Phi) is 4.01. The number of ether oxygens (including phenoxy) is 3. The summed E-state index contributed by atoms with van der Waals surface area (Å²) in [5.74, 6) is 1.63. The summed E-state index contributed by atoms with van der Waals surface area (Å²) in [7, 11) is 0. The highest BCUT2D eigenvalue weighted by Crippen LogP contribution is 2.35. The molecule has 0 bridgehead atoms. The quantitative estimate of drug-likeness (QED) is 0.839. The molecule has 1 N–H and O–H groups in total. The Hall–Kier alpha value is -1.75. The van der Waals surface area contributed by atoms with E-state index in [2.05, 4.69) is 18.3 Å². The highest BCUT2D eigenvalue weighted by molar-refractivity contribution is 5.77. The molecule has 2 heterocycles. The molecule has 1 fully saturated rings. The van der Waals surface area contributed by atoms with Gasteiger partial charge in [-0.25, -0.2) is 0 Å². The maximum atomic E-state index is 11.5. The van der Waals surface area contributed by atoms with Crippen molar-refractivity contribution in [2.45, 2.75) is 45.4 Å². The minimum atomic E-state index is -0.215. The van der Waals surface area contributed by atoms with E-state index in [4.69, 9.17) is 14.2 Å². The lowest BCUT2D eigenvalue weighted by Crippen LogP contribution is -2.32. The number of nitrogens with one attached hydrogen (secondary N) is 1. The van der Waals surface area contributed by atoms with Gasteiger partial charge in [-0.3, -0.25) is 4.79 Å². The molecule has 1 aromatic carbocycles. The molecule has 21 heavy (non-hydrogen) atoms. The van der Waals surface area contributed by atoms with Crippen LogP contribution in [-0.2, 0) is 22.5 Å². The van der Waals surface area contributed by atoms with Crippen LogP contribution in [0.1, 0.15) is 31.4 Å². The summed E-state index contributed by atoms with van der Waals surface area (Å²) in [5.41, 5.74) is 2.21. The second-order valence-corrected chi connectivity index (χ2v) is 5.52.